The Hall–Kier alpha value is -3.04. The van der Waals surface area contributed by atoms with Crippen LogP contribution in [0.4, 0.5) is 0 Å². The highest BCUT2D eigenvalue weighted by Crippen LogP contribution is 2.17. The molecule has 1 aliphatic rings. The second-order valence-electron chi connectivity index (χ2n) is 7.30. The number of aromatic nitrogens is 2. The number of sulfonamides is 1. The van der Waals surface area contributed by atoms with Crippen molar-refractivity contribution in [2.45, 2.75) is 18.4 Å². The zero-order chi connectivity index (χ0) is 21.3. The van der Waals surface area contributed by atoms with E-state index in [2.05, 4.69) is 4.98 Å². The van der Waals surface area contributed by atoms with E-state index in [1.54, 1.807) is 47.4 Å². The number of carbonyl (C=O) groups excluding carboxylic acids is 1. The Labute approximate surface area is 174 Å². The maximum atomic E-state index is 12.7. The predicted octanol–water partition coefficient (Wildman–Crippen LogP) is 1.24. The first kappa shape index (κ1) is 20.2. The predicted molar refractivity (Wildman–Crippen MR) is 113 cm³/mol. The monoisotopic (exact) mass is 426 g/mol. The Kier molecular flexibility index (Phi) is 5.40. The zero-order valence-corrected chi connectivity index (χ0v) is 17.4. The molecule has 1 fully saturated rings. The molecule has 0 bridgehead atoms. The van der Waals surface area contributed by atoms with Crippen molar-refractivity contribution >= 4 is 26.8 Å². The summed E-state index contributed by atoms with van der Waals surface area (Å²) in [6.45, 7) is 2.76. The number of hydrogen-bond acceptors (Lipinski definition) is 5. The molecule has 2 aromatic carbocycles. The van der Waals surface area contributed by atoms with Crippen molar-refractivity contribution in [2.24, 2.45) is 0 Å². The number of piperazine rings is 1. The van der Waals surface area contributed by atoms with E-state index in [0.717, 1.165) is 5.56 Å². The smallest absolute Gasteiger partial charge is 0.261 e. The number of carbonyl (C=O) groups is 1. The van der Waals surface area contributed by atoms with E-state index in [1.165, 1.54) is 15.2 Å². The summed E-state index contributed by atoms with van der Waals surface area (Å²) in [5, 5.41) is 0.476. The lowest BCUT2D eigenvalue weighted by atomic mass is 10.2. The molecule has 1 aromatic heterocycles. The Morgan fingerprint density at radius 2 is 1.73 bits per heavy atom. The summed E-state index contributed by atoms with van der Waals surface area (Å²) in [5.74, 6) is -0.234. The van der Waals surface area contributed by atoms with Crippen LogP contribution in [0.1, 0.15) is 5.56 Å². The molecule has 0 unspecified atom stereocenters. The van der Waals surface area contributed by atoms with Gasteiger partial charge in [-0.25, -0.2) is 13.4 Å². The average molecular weight is 426 g/mol. The minimum absolute atomic E-state index is 0.124. The molecular formula is C21H22N4O4S. The lowest BCUT2D eigenvalue weighted by Crippen LogP contribution is -2.51. The van der Waals surface area contributed by atoms with Gasteiger partial charge in [-0.15, -0.1) is 0 Å². The molecule has 2 heterocycles. The van der Waals surface area contributed by atoms with E-state index in [4.69, 9.17) is 0 Å². The van der Waals surface area contributed by atoms with Crippen LogP contribution in [0.5, 0.6) is 0 Å². The number of benzene rings is 2. The van der Waals surface area contributed by atoms with Gasteiger partial charge in [0.2, 0.25) is 15.9 Å². The molecule has 4 rings (SSSR count). The van der Waals surface area contributed by atoms with Gasteiger partial charge in [0.1, 0.15) is 6.54 Å². The van der Waals surface area contributed by atoms with E-state index in [9.17, 15) is 18.0 Å². The second-order valence-corrected chi connectivity index (χ2v) is 9.23. The maximum absolute atomic E-state index is 12.7. The SMILES string of the molecule is Cc1ccc2ncn(CC(=O)N3CCN(S(=O)(=O)c4ccccc4)CC3)c(=O)c2c1. The normalized spacial score (nSPS) is 15.4. The van der Waals surface area contributed by atoms with Gasteiger partial charge in [0.05, 0.1) is 22.1 Å². The lowest BCUT2D eigenvalue weighted by Gasteiger charge is -2.34. The van der Waals surface area contributed by atoms with Gasteiger partial charge in [-0.05, 0) is 31.2 Å². The van der Waals surface area contributed by atoms with Gasteiger partial charge < -0.3 is 4.90 Å². The second kappa shape index (κ2) is 8.00. The highest BCUT2D eigenvalue weighted by atomic mass is 32.2. The quantitative estimate of drug-likeness (QED) is 0.626. The van der Waals surface area contributed by atoms with Crippen LogP contribution in [-0.2, 0) is 21.4 Å². The molecular weight excluding hydrogens is 404 g/mol. The number of hydrogen-bond donors (Lipinski definition) is 0. The summed E-state index contributed by atoms with van der Waals surface area (Å²) < 4.78 is 28.1. The van der Waals surface area contributed by atoms with E-state index < -0.39 is 10.0 Å². The fourth-order valence-electron chi connectivity index (χ4n) is 3.55. The van der Waals surface area contributed by atoms with Crippen LogP contribution in [0.15, 0.2) is 64.5 Å². The highest BCUT2D eigenvalue weighted by molar-refractivity contribution is 7.89. The van der Waals surface area contributed by atoms with Crippen molar-refractivity contribution in [2.75, 3.05) is 26.2 Å². The number of nitrogens with zero attached hydrogens (tertiary/aromatic N) is 4. The van der Waals surface area contributed by atoms with Crippen molar-refractivity contribution in [3.05, 3.63) is 70.8 Å². The summed E-state index contributed by atoms with van der Waals surface area (Å²) in [6.07, 6.45) is 1.38. The van der Waals surface area contributed by atoms with Crippen molar-refractivity contribution in [1.29, 1.82) is 0 Å². The first-order valence-electron chi connectivity index (χ1n) is 9.65. The molecule has 0 atom stereocenters. The van der Waals surface area contributed by atoms with Gasteiger partial charge in [-0.1, -0.05) is 29.8 Å². The first-order chi connectivity index (χ1) is 14.4. The van der Waals surface area contributed by atoms with E-state index in [0.29, 0.717) is 10.9 Å². The van der Waals surface area contributed by atoms with Crippen LogP contribution in [-0.4, -0.2) is 59.3 Å². The third-order valence-corrected chi connectivity index (χ3v) is 7.17. The van der Waals surface area contributed by atoms with E-state index >= 15 is 0 Å². The molecule has 0 radical (unpaired) electrons. The molecule has 8 nitrogen and oxygen atoms in total. The fourth-order valence-corrected chi connectivity index (χ4v) is 4.99. The van der Waals surface area contributed by atoms with Crippen LogP contribution in [0.3, 0.4) is 0 Å². The minimum atomic E-state index is -3.58. The molecule has 0 N–H and O–H groups in total. The van der Waals surface area contributed by atoms with Gasteiger partial charge in [-0.3, -0.25) is 14.2 Å². The third-order valence-electron chi connectivity index (χ3n) is 5.26. The standard InChI is InChI=1S/C21H22N4O4S/c1-16-7-8-19-18(13-16)21(27)24(15-22-19)14-20(26)23-9-11-25(12-10-23)30(28,29)17-5-3-2-4-6-17/h2-8,13,15H,9-12,14H2,1H3. The Balaban J connectivity index is 1.45. The van der Waals surface area contributed by atoms with E-state index in [-0.39, 0.29) is 49.1 Å². The van der Waals surface area contributed by atoms with Gasteiger partial charge in [0.25, 0.3) is 5.56 Å². The van der Waals surface area contributed by atoms with Crippen LogP contribution in [0.25, 0.3) is 10.9 Å². The molecule has 0 spiro atoms. The lowest BCUT2D eigenvalue weighted by molar-refractivity contribution is -0.133. The van der Waals surface area contributed by atoms with Crippen LogP contribution < -0.4 is 5.56 Å². The third kappa shape index (κ3) is 3.86. The molecule has 1 aliphatic heterocycles. The molecule has 0 saturated carbocycles. The topological polar surface area (TPSA) is 92.6 Å². The summed E-state index contributed by atoms with van der Waals surface area (Å²) >= 11 is 0. The van der Waals surface area contributed by atoms with Crippen LogP contribution >= 0.6 is 0 Å². The van der Waals surface area contributed by atoms with Gasteiger partial charge in [0, 0.05) is 26.2 Å². The summed E-state index contributed by atoms with van der Waals surface area (Å²) in [5.41, 5.74) is 1.28. The highest BCUT2D eigenvalue weighted by Gasteiger charge is 2.30. The Bertz CT molecular complexity index is 1250. The van der Waals surface area contributed by atoms with Crippen LogP contribution in [0.2, 0.25) is 0 Å². The summed E-state index contributed by atoms with van der Waals surface area (Å²) in [4.78, 5) is 31.5. The largest absolute Gasteiger partial charge is 0.338 e. The molecule has 9 heteroatoms. The number of fused-ring (bicyclic) bond motifs is 1. The first-order valence-corrected chi connectivity index (χ1v) is 11.1. The minimum Gasteiger partial charge on any atom is -0.338 e. The van der Waals surface area contributed by atoms with Gasteiger partial charge in [0.15, 0.2) is 0 Å². The Morgan fingerprint density at radius 1 is 1.03 bits per heavy atom. The zero-order valence-electron chi connectivity index (χ0n) is 16.6. The van der Waals surface area contributed by atoms with Crippen molar-refractivity contribution in [3.63, 3.8) is 0 Å². The summed E-state index contributed by atoms with van der Waals surface area (Å²) in [6, 6.07) is 13.7. The molecule has 1 amide bonds. The fraction of sp³-hybridized carbons (Fsp3) is 0.286. The van der Waals surface area contributed by atoms with E-state index in [1.807, 2.05) is 13.0 Å². The van der Waals surface area contributed by atoms with Gasteiger partial charge in [-0.2, -0.15) is 4.31 Å². The molecule has 3 aromatic rings. The average Bonchev–Trinajstić information content (AvgIpc) is 2.76. The molecule has 156 valence electrons. The number of aryl methyl sites for hydroxylation is 1. The molecule has 1 saturated heterocycles. The van der Waals surface area contributed by atoms with Crippen molar-refractivity contribution < 1.29 is 13.2 Å². The number of rotatable bonds is 4. The number of amides is 1. The molecule has 0 aliphatic carbocycles. The Morgan fingerprint density at radius 3 is 2.43 bits per heavy atom. The van der Waals surface area contributed by atoms with Crippen molar-refractivity contribution in [1.82, 2.24) is 18.8 Å². The van der Waals surface area contributed by atoms with Gasteiger partial charge >= 0.3 is 0 Å². The molecule has 30 heavy (non-hydrogen) atoms. The summed E-state index contributed by atoms with van der Waals surface area (Å²) in [7, 11) is -3.58. The van der Waals surface area contributed by atoms with Crippen molar-refractivity contribution in [3.8, 4) is 0 Å². The van der Waals surface area contributed by atoms with Crippen LogP contribution in [0, 0.1) is 6.92 Å². The maximum Gasteiger partial charge on any atom is 0.261 e.